The Morgan fingerprint density at radius 2 is 1.00 bits per heavy atom. The van der Waals surface area contributed by atoms with Crippen molar-refractivity contribution >= 4 is 5.97 Å². The normalized spacial score (nSPS) is 10.6. The molecule has 168 valence electrons. The van der Waals surface area contributed by atoms with Crippen molar-refractivity contribution < 1.29 is 9.90 Å². The molecule has 0 saturated heterocycles. The van der Waals surface area contributed by atoms with E-state index in [-0.39, 0.29) is 5.57 Å². The first-order valence-corrected chi connectivity index (χ1v) is 12.0. The molecule has 0 aliphatic heterocycles. The minimum absolute atomic E-state index is 0.264. The van der Waals surface area contributed by atoms with Crippen LogP contribution in [-0.2, 0) is 4.79 Å². The first-order valence-electron chi connectivity index (χ1n) is 12.0. The van der Waals surface area contributed by atoms with Gasteiger partial charge in [-0.2, -0.15) is 0 Å². The topological polar surface area (TPSA) is 40.5 Å². The van der Waals surface area contributed by atoms with Crippen molar-refractivity contribution in [3.05, 3.63) is 12.2 Å². The summed E-state index contributed by atoms with van der Waals surface area (Å²) in [4.78, 5) is 12.1. The molecule has 0 unspecified atom stereocenters. The predicted octanol–water partition coefficient (Wildman–Crippen LogP) is 7.85. The zero-order chi connectivity index (χ0) is 21.5. The highest BCUT2D eigenvalue weighted by molar-refractivity contribution is 5.85. The lowest BCUT2D eigenvalue weighted by Crippen LogP contribution is -2.12. The Hall–Kier alpha value is -0.830. The average molecular weight is 398 g/mol. The zero-order valence-electron chi connectivity index (χ0n) is 19.7. The second kappa shape index (κ2) is 24.2. The van der Waals surface area contributed by atoms with Crippen LogP contribution in [0.1, 0.15) is 123 Å². The van der Waals surface area contributed by atoms with Crippen LogP contribution in [0.25, 0.3) is 0 Å². The Morgan fingerprint density at radius 3 is 1.21 bits per heavy atom. The summed E-state index contributed by atoms with van der Waals surface area (Å²) < 4.78 is 0. The van der Waals surface area contributed by atoms with Gasteiger partial charge < -0.3 is 10.0 Å². The van der Waals surface area contributed by atoms with Crippen molar-refractivity contribution in [1.29, 1.82) is 0 Å². The number of nitrogens with zero attached hydrogens (tertiary/aromatic N) is 1. The van der Waals surface area contributed by atoms with Crippen LogP contribution in [0, 0.1) is 0 Å². The van der Waals surface area contributed by atoms with Gasteiger partial charge in [-0.25, -0.2) is 4.79 Å². The molecule has 0 aromatic carbocycles. The molecule has 0 atom stereocenters. The van der Waals surface area contributed by atoms with Crippen LogP contribution in [0.5, 0.6) is 0 Å². The van der Waals surface area contributed by atoms with E-state index >= 15 is 0 Å². The highest BCUT2D eigenvalue weighted by atomic mass is 16.4. The molecular weight excluding hydrogens is 346 g/mol. The van der Waals surface area contributed by atoms with E-state index < -0.39 is 5.97 Å². The quantitative estimate of drug-likeness (QED) is 0.178. The van der Waals surface area contributed by atoms with E-state index in [4.69, 9.17) is 5.11 Å². The van der Waals surface area contributed by atoms with Gasteiger partial charge in [0.15, 0.2) is 0 Å². The number of hydrogen-bond acceptors (Lipinski definition) is 2. The molecule has 0 bridgehead atoms. The molecule has 0 heterocycles. The number of rotatable bonds is 19. The number of unbranched alkanes of at least 4 members (excludes halogenated alkanes) is 15. The Morgan fingerprint density at radius 1 is 0.679 bits per heavy atom. The molecule has 0 aliphatic carbocycles. The maximum Gasteiger partial charge on any atom is 0.330 e. The highest BCUT2D eigenvalue weighted by Crippen LogP contribution is 2.13. The molecular formula is C25H51NO2. The number of carboxylic acids is 1. The van der Waals surface area contributed by atoms with Gasteiger partial charge in [-0.3, -0.25) is 0 Å². The molecule has 0 fully saturated rings. The molecule has 3 heteroatoms. The lowest BCUT2D eigenvalue weighted by molar-refractivity contribution is -0.132. The van der Waals surface area contributed by atoms with Crippen molar-refractivity contribution in [1.82, 2.24) is 4.90 Å². The van der Waals surface area contributed by atoms with Gasteiger partial charge in [0.25, 0.3) is 0 Å². The molecule has 28 heavy (non-hydrogen) atoms. The third-order valence-corrected chi connectivity index (χ3v) is 5.19. The summed E-state index contributed by atoms with van der Waals surface area (Å²) in [6.07, 6.45) is 23.8. The monoisotopic (exact) mass is 397 g/mol. The Bertz CT molecular complexity index is 339. The van der Waals surface area contributed by atoms with Gasteiger partial charge in [-0.15, -0.1) is 0 Å². The number of carboxylic acid groups (broad SMARTS) is 1. The maximum atomic E-state index is 9.83. The lowest BCUT2D eigenvalue weighted by Gasteiger charge is -2.08. The van der Waals surface area contributed by atoms with Crippen LogP contribution in [0.4, 0.5) is 0 Å². The van der Waals surface area contributed by atoms with Gasteiger partial charge in [0.05, 0.1) is 0 Å². The summed E-state index contributed by atoms with van der Waals surface area (Å²) in [5.41, 5.74) is 0.264. The van der Waals surface area contributed by atoms with Crippen LogP contribution in [0.15, 0.2) is 12.2 Å². The minimum Gasteiger partial charge on any atom is -0.478 e. The van der Waals surface area contributed by atoms with Crippen LogP contribution in [0.3, 0.4) is 0 Å². The third kappa shape index (κ3) is 27.4. The van der Waals surface area contributed by atoms with Gasteiger partial charge in [-0.05, 0) is 33.5 Å². The average Bonchev–Trinajstić information content (AvgIpc) is 2.67. The van der Waals surface area contributed by atoms with E-state index in [1.807, 2.05) is 0 Å². The first-order chi connectivity index (χ1) is 13.5. The SMILES string of the molecule is C=C(CC)C(=O)O.CCCCCCCCCCCCCCCCCCN(C)C. The highest BCUT2D eigenvalue weighted by Gasteiger charge is 1.97. The fraction of sp³-hybridized carbons (Fsp3) is 0.880. The Balaban J connectivity index is 0. The molecule has 0 aromatic heterocycles. The van der Waals surface area contributed by atoms with E-state index in [9.17, 15) is 4.79 Å². The van der Waals surface area contributed by atoms with E-state index in [0.717, 1.165) is 0 Å². The molecule has 0 amide bonds. The number of hydrogen-bond donors (Lipinski definition) is 1. The van der Waals surface area contributed by atoms with Gasteiger partial charge in [-0.1, -0.05) is 117 Å². The number of carbonyl (C=O) groups is 1. The van der Waals surface area contributed by atoms with Gasteiger partial charge in [0, 0.05) is 5.57 Å². The summed E-state index contributed by atoms with van der Waals surface area (Å²) in [5.74, 6) is -0.900. The lowest BCUT2D eigenvalue weighted by atomic mass is 10.0. The summed E-state index contributed by atoms with van der Waals surface area (Å²) in [6.45, 7) is 8.59. The summed E-state index contributed by atoms with van der Waals surface area (Å²) in [6, 6.07) is 0. The van der Waals surface area contributed by atoms with Crippen molar-refractivity contribution in [3.8, 4) is 0 Å². The van der Waals surface area contributed by atoms with E-state index in [2.05, 4.69) is 32.5 Å². The molecule has 0 spiro atoms. The van der Waals surface area contributed by atoms with Crippen molar-refractivity contribution in [2.24, 2.45) is 0 Å². The number of aliphatic carboxylic acids is 1. The fourth-order valence-electron chi connectivity index (χ4n) is 3.13. The third-order valence-electron chi connectivity index (χ3n) is 5.19. The van der Waals surface area contributed by atoms with Crippen LogP contribution < -0.4 is 0 Å². The predicted molar refractivity (Wildman–Crippen MR) is 125 cm³/mol. The van der Waals surface area contributed by atoms with Crippen LogP contribution in [0.2, 0.25) is 0 Å². The first kappa shape index (κ1) is 29.4. The van der Waals surface area contributed by atoms with Crippen molar-refractivity contribution in [2.75, 3.05) is 20.6 Å². The standard InChI is InChI=1S/C20H43N.C5H8O2/c1-4-5-6-7-8-9-10-11-12-13-14-15-16-17-18-19-20-21(2)3;1-3-4(2)5(6)7/h4-20H2,1-3H3;2-3H2,1H3,(H,6,7). The van der Waals surface area contributed by atoms with Crippen LogP contribution >= 0.6 is 0 Å². The molecule has 0 saturated carbocycles. The second-order valence-corrected chi connectivity index (χ2v) is 8.37. The minimum atomic E-state index is -0.900. The summed E-state index contributed by atoms with van der Waals surface area (Å²) >= 11 is 0. The van der Waals surface area contributed by atoms with Crippen LogP contribution in [-0.4, -0.2) is 36.6 Å². The Kier molecular flexibility index (Phi) is 25.4. The van der Waals surface area contributed by atoms with E-state index in [1.54, 1.807) is 6.92 Å². The maximum absolute atomic E-state index is 9.83. The molecule has 0 radical (unpaired) electrons. The van der Waals surface area contributed by atoms with Gasteiger partial charge in [0.1, 0.15) is 0 Å². The summed E-state index contributed by atoms with van der Waals surface area (Å²) in [7, 11) is 4.34. The van der Waals surface area contributed by atoms with Gasteiger partial charge >= 0.3 is 5.97 Å². The zero-order valence-corrected chi connectivity index (χ0v) is 19.7. The Labute approximate surface area is 177 Å². The smallest absolute Gasteiger partial charge is 0.330 e. The molecule has 0 aromatic rings. The molecule has 0 aliphatic rings. The second-order valence-electron chi connectivity index (χ2n) is 8.37. The molecule has 3 nitrogen and oxygen atoms in total. The fourth-order valence-corrected chi connectivity index (χ4v) is 3.13. The van der Waals surface area contributed by atoms with Gasteiger partial charge in [0.2, 0.25) is 0 Å². The molecule has 1 N–H and O–H groups in total. The summed E-state index contributed by atoms with van der Waals surface area (Å²) in [5, 5.41) is 8.08. The van der Waals surface area contributed by atoms with E-state index in [0.29, 0.717) is 6.42 Å². The van der Waals surface area contributed by atoms with Crippen molar-refractivity contribution in [2.45, 2.75) is 123 Å². The van der Waals surface area contributed by atoms with E-state index in [1.165, 1.54) is 109 Å². The molecule has 0 rings (SSSR count). The largest absolute Gasteiger partial charge is 0.478 e. The van der Waals surface area contributed by atoms with Crippen molar-refractivity contribution in [3.63, 3.8) is 0 Å².